The summed E-state index contributed by atoms with van der Waals surface area (Å²) in [6, 6.07) is 59.8. The number of fused-ring (bicyclic) bond motifs is 7. The number of hydrogen-bond donors (Lipinski definition) is 2. The van der Waals surface area contributed by atoms with Gasteiger partial charge in [0, 0.05) is 42.2 Å². The molecule has 0 radical (unpaired) electrons. The van der Waals surface area contributed by atoms with Gasteiger partial charge in [0.15, 0.2) is 0 Å². The van der Waals surface area contributed by atoms with Crippen LogP contribution in [0.3, 0.4) is 0 Å². The third kappa shape index (κ3) is 5.43. The Morgan fingerprint density at radius 3 is 2.14 bits per heavy atom. The Morgan fingerprint density at radius 1 is 0.620 bits per heavy atom. The molecule has 1 atom stereocenters. The Hall–Kier alpha value is -6.01. The minimum atomic E-state index is -0.428. The van der Waals surface area contributed by atoms with Gasteiger partial charge in [0.1, 0.15) is 12.0 Å². The lowest BCUT2D eigenvalue weighted by Gasteiger charge is -2.19. The summed E-state index contributed by atoms with van der Waals surface area (Å²) in [4.78, 5) is 5.08. The predicted octanol–water partition coefficient (Wildman–Crippen LogP) is 11.0. The lowest BCUT2D eigenvalue weighted by Crippen LogP contribution is -2.34. The van der Waals surface area contributed by atoms with Crippen molar-refractivity contribution < 1.29 is 0 Å². The summed E-state index contributed by atoms with van der Waals surface area (Å²) in [5.41, 5.74) is 15.7. The quantitative estimate of drug-likeness (QED) is 0.101. The third-order valence-corrected chi connectivity index (χ3v) is 10.7. The first-order valence-corrected chi connectivity index (χ1v) is 17.7. The number of rotatable bonds is 7. The first kappa shape index (κ1) is 30.1. The number of thiophene rings is 1. The van der Waals surface area contributed by atoms with Crippen molar-refractivity contribution in [1.29, 1.82) is 0 Å². The molecule has 3 N–H and O–H groups in total. The molecule has 240 valence electrons. The largest absolute Gasteiger partial charge is 0.351 e. The number of nitrogens with zero attached hydrogens (tertiary/aromatic N) is 2. The SMILES string of the molecule is NC(N/C(=N\Cc1ccc(-n2c3ccccc3c3c4sc5ccccc5c4ccc32)cc1)c1ccccc1)c1cccc(-c2ccccc2)c1. The zero-order valence-electron chi connectivity index (χ0n) is 27.3. The van der Waals surface area contributed by atoms with Crippen LogP contribution in [-0.4, -0.2) is 10.4 Å². The Kier molecular flexibility index (Phi) is 7.69. The van der Waals surface area contributed by atoms with Crippen LogP contribution >= 0.6 is 11.3 Å². The zero-order valence-corrected chi connectivity index (χ0v) is 28.1. The van der Waals surface area contributed by atoms with Crippen LogP contribution in [0.1, 0.15) is 22.9 Å². The van der Waals surface area contributed by atoms with Gasteiger partial charge in [0.25, 0.3) is 0 Å². The standard InChI is InChI=1S/C45H34N4S/c46-44(34-17-11-16-33(28-34)31-12-3-1-4-13-31)48-45(32-14-5-2-6-15-32)47-29-30-22-24-35(25-23-30)49-39-20-9-7-19-38(39)42-40(49)27-26-37-36-18-8-10-21-41(36)50-43(37)42/h1-28,44H,29,46H2,(H,47,48). The van der Waals surface area contributed by atoms with Crippen molar-refractivity contribution >= 4 is 59.2 Å². The fraction of sp³-hybridized carbons (Fsp3) is 0.0444. The van der Waals surface area contributed by atoms with E-state index in [2.05, 4.69) is 155 Å². The van der Waals surface area contributed by atoms with Crippen molar-refractivity contribution in [3.05, 3.63) is 187 Å². The average Bonchev–Trinajstić information content (AvgIpc) is 3.73. The molecule has 9 rings (SSSR count). The van der Waals surface area contributed by atoms with Gasteiger partial charge in [-0.15, -0.1) is 11.3 Å². The summed E-state index contributed by atoms with van der Waals surface area (Å²) in [6.07, 6.45) is -0.428. The Morgan fingerprint density at radius 2 is 1.32 bits per heavy atom. The zero-order chi connectivity index (χ0) is 33.4. The Balaban J connectivity index is 1.04. The van der Waals surface area contributed by atoms with Gasteiger partial charge in [-0.2, -0.15) is 0 Å². The van der Waals surface area contributed by atoms with Crippen molar-refractivity contribution in [2.24, 2.45) is 10.7 Å². The van der Waals surface area contributed by atoms with Crippen LogP contribution in [0.4, 0.5) is 0 Å². The lowest BCUT2D eigenvalue weighted by atomic mass is 10.0. The van der Waals surface area contributed by atoms with Gasteiger partial charge in [-0.05, 0) is 58.7 Å². The van der Waals surface area contributed by atoms with E-state index in [1.165, 1.54) is 42.0 Å². The molecule has 2 heterocycles. The fourth-order valence-electron chi connectivity index (χ4n) is 7.02. The van der Waals surface area contributed by atoms with E-state index < -0.39 is 6.17 Å². The number of hydrogen-bond acceptors (Lipinski definition) is 3. The number of nitrogens with one attached hydrogen (secondary N) is 1. The second kappa shape index (κ2) is 12.8. The number of aliphatic imine (C=N–C) groups is 1. The molecule has 0 aliphatic heterocycles. The molecule has 0 saturated heterocycles. The van der Waals surface area contributed by atoms with Crippen LogP contribution < -0.4 is 11.1 Å². The number of amidine groups is 1. The van der Waals surface area contributed by atoms with E-state index in [1.54, 1.807) is 0 Å². The van der Waals surface area contributed by atoms with Gasteiger partial charge in [-0.25, -0.2) is 0 Å². The molecule has 9 aromatic rings. The van der Waals surface area contributed by atoms with Crippen molar-refractivity contribution in [2.45, 2.75) is 12.7 Å². The molecular weight excluding hydrogens is 629 g/mol. The second-order valence-corrected chi connectivity index (χ2v) is 13.7. The second-order valence-electron chi connectivity index (χ2n) is 12.6. The maximum atomic E-state index is 6.78. The highest BCUT2D eigenvalue weighted by molar-refractivity contribution is 7.26. The van der Waals surface area contributed by atoms with E-state index in [4.69, 9.17) is 10.7 Å². The molecule has 0 saturated carbocycles. The third-order valence-electron chi connectivity index (χ3n) is 9.49. The number of benzene rings is 7. The first-order valence-electron chi connectivity index (χ1n) is 16.9. The minimum absolute atomic E-state index is 0.428. The van der Waals surface area contributed by atoms with Crippen LogP contribution in [0.5, 0.6) is 0 Å². The summed E-state index contributed by atoms with van der Waals surface area (Å²) in [7, 11) is 0. The van der Waals surface area contributed by atoms with Crippen LogP contribution in [0.15, 0.2) is 175 Å². The van der Waals surface area contributed by atoms with Crippen LogP contribution in [0.25, 0.3) is 58.8 Å². The highest BCUT2D eigenvalue weighted by atomic mass is 32.1. The van der Waals surface area contributed by atoms with Crippen molar-refractivity contribution in [3.8, 4) is 16.8 Å². The van der Waals surface area contributed by atoms with Crippen molar-refractivity contribution in [2.75, 3.05) is 0 Å². The molecule has 50 heavy (non-hydrogen) atoms. The molecular formula is C45H34N4S. The van der Waals surface area contributed by atoms with Crippen LogP contribution in [0.2, 0.25) is 0 Å². The summed E-state index contributed by atoms with van der Waals surface area (Å²) in [5, 5.41) is 8.76. The molecule has 0 spiro atoms. The highest BCUT2D eigenvalue weighted by Gasteiger charge is 2.17. The molecule has 0 amide bonds. The van der Waals surface area contributed by atoms with Crippen molar-refractivity contribution in [3.63, 3.8) is 0 Å². The highest BCUT2D eigenvalue weighted by Crippen LogP contribution is 2.43. The fourth-order valence-corrected chi connectivity index (χ4v) is 8.28. The molecule has 5 heteroatoms. The molecule has 0 bridgehead atoms. The topological polar surface area (TPSA) is 55.3 Å². The monoisotopic (exact) mass is 662 g/mol. The molecule has 7 aromatic carbocycles. The van der Waals surface area contributed by atoms with Gasteiger partial charge in [-0.3, -0.25) is 4.99 Å². The summed E-state index contributed by atoms with van der Waals surface area (Å²) in [5.74, 6) is 0.766. The smallest absolute Gasteiger partial charge is 0.130 e. The number of nitrogens with two attached hydrogens (primary N) is 1. The van der Waals surface area contributed by atoms with E-state index in [0.717, 1.165) is 39.3 Å². The Bertz CT molecular complexity index is 2650. The average molecular weight is 663 g/mol. The van der Waals surface area contributed by atoms with Gasteiger partial charge in [-0.1, -0.05) is 133 Å². The van der Waals surface area contributed by atoms with E-state index in [-0.39, 0.29) is 0 Å². The van der Waals surface area contributed by atoms with Gasteiger partial charge in [0.2, 0.25) is 0 Å². The van der Waals surface area contributed by atoms with Crippen molar-refractivity contribution in [1.82, 2.24) is 9.88 Å². The van der Waals surface area contributed by atoms with E-state index >= 15 is 0 Å². The number of aromatic nitrogens is 1. The summed E-state index contributed by atoms with van der Waals surface area (Å²) < 4.78 is 5.06. The predicted molar refractivity (Wildman–Crippen MR) is 212 cm³/mol. The first-order chi connectivity index (χ1) is 24.7. The Labute approximate surface area is 294 Å². The molecule has 0 aliphatic rings. The minimum Gasteiger partial charge on any atom is -0.351 e. The summed E-state index contributed by atoms with van der Waals surface area (Å²) in [6.45, 7) is 0.518. The summed E-state index contributed by atoms with van der Waals surface area (Å²) >= 11 is 1.88. The van der Waals surface area contributed by atoms with Crippen LogP contribution in [0, 0.1) is 0 Å². The number of para-hydroxylation sites is 1. The van der Waals surface area contributed by atoms with Gasteiger partial charge in [0.05, 0.1) is 17.6 Å². The van der Waals surface area contributed by atoms with E-state index in [0.29, 0.717) is 6.54 Å². The normalized spacial score (nSPS) is 12.6. The molecule has 2 aromatic heterocycles. The van der Waals surface area contributed by atoms with E-state index in [1.807, 2.05) is 35.6 Å². The van der Waals surface area contributed by atoms with E-state index in [9.17, 15) is 0 Å². The lowest BCUT2D eigenvalue weighted by molar-refractivity contribution is 0.679. The molecule has 1 unspecified atom stereocenters. The molecule has 4 nitrogen and oxygen atoms in total. The molecule has 0 fully saturated rings. The maximum Gasteiger partial charge on any atom is 0.130 e. The maximum absolute atomic E-state index is 6.78. The van der Waals surface area contributed by atoms with Crippen LogP contribution in [-0.2, 0) is 6.54 Å². The van der Waals surface area contributed by atoms with Gasteiger partial charge >= 0.3 is 0 Å². The van der Waals surface area contributed by atoms with Gasteiger partial charge < -0.3 is 15.6 Å². The molecule has 0 aliphatic carbocycles.